The molecule has 1 aliphatic rings. The normalized spacial score (nSPS) is 21.7. The van der Waals surface area contributed by atoms with Crippen LogP contribution in [0.15, 0.2) is 24.3 Å². The molecule has 2 unspecified atom stereocenters. The minimum absolute atomic E-state index is 0.0555. The van der Waals surface area contributed by atoms with E-state index < -0.39 is 0 Å². The first-order valence-corrected chi connectivity index (χ1v) is 7.26. The average Bonchev–Trinajstić information content (AvgIpc) is 2.89. The standard InChI is InChI=1S/C16H23NO3/c1-20-14-8-5-12(6-9-14)7-10-16(19)17-11-13-3-2-4-15(13)18/h5-6,8-9,13,15,18H,2-4,7,10-11H2,1H3,(H,17,19). The summed E-state index contributed by atoms with van der Waals surface area (Å²) < 4.78 is 5.10. The van der Waals surface area contributed by atoms with Gasteiger partial charge in [0.2, 0.25) is 5.91 Å². The molecule has 4 heteroatoms. The van der Waals surface area contributed by atoms with Crippen molar-refractivity contribution in [2.45, 2.75) is 38.2 Å². The number of hydrogen-bond acceptors (Lipinski definition) is 3. The molecule has 0 bridgehead atoms. The lowest BCUT2D eigenvalue weighted by Gasteiger charge is -2.15. The number of amides is 1. The van der Waals surface area contributed by atoms with E-state index in [0.717, 1.165) is 37.0 Å². The molecule has 0 saturated heterocycles. The molecule has 1 fully saturated rings. The second kappa shape index (κ2) is 7.29. The van der Waals surface area contributed by atoms with Crippen molar-refractivity contribution in [3.63, 3.8) is 0 Å². The second-order valence-corrected chi connectivity index (χ2v) is 5.41. The third kappa shape index (κ3) is 4.23. The van der Waals surface area contributed by atoms with E-state index in [-0.39, 0.29) is 17.9 Å². The van der Waals surface area contributed by atoms with Gasteiger partial charge in [0.25, 0.3) is 0 Å². The molecule has 4 nitrogen and oxygen atoms in total. The van der Waals surface area contributed by atoms with Crippen LogP contribution in [-0.2, 0) is 11.2 Å². The highest BCUT2D eigenvalue weighted by molar-refractivity contribution is 5.76. The van der Waals surface area contributed by atoms with Gasteiger partial charge in [-0.2, -0.15) is 0 Å². The van der Waals surface area contributed by atoms with Gasteiger partial charge in [0.05, 0.1) is 13.2 Å². The second-order valence-electron chi connectivity index (χ2n) is 5.41. The van der Waals surface area contributed by atoms with Gasteiger partial charge in [-0.05, 0) is 37.0 Å². The van der Waals surface area contributed by atoms with Crippen LogP contribution >= 0.6 is 0 Å². The van der Waals surface area contributed by atoms with Crippen LogP contribution in [0.3, 0.4) is 0 Å². The van der Waals surface area contributed by atoms with Gasteiger partial charge in [-0.25, -0.2) is 0 Å². The number of nitrogens with one attached hydrogen (secondary N) is 1. The van der Waals surface area contributed by atoms with Gasteiger partial charge in [0.15, 0.2) is 0 Å². The number of rotatable bonds is 6. The van der Waals surface area contributed by atoms with Crippen molar-refractivity contribution in [2.24, 2.45) is 5.92 Å². The van der Waals surface area contributed by atoms with Crippen LogP contribution < -0.4 is 10.1 Å². The SMILES string of the molecule is COc1ccc(CCC(=O)NCC2CCCC2O)cc1. The minimum Gasteiger partial charge on any atom is -0.497 e. The highest BCUT2D eigenvalue weighted by Gasteiger charge is 2.25. The van der Waals surface area contributed by atoms with E-state index in [1.165, 1.54) is 0 Å². The maximum atomic E-state index is 11.8. The Kier molecular flexibility index (Phi) is 5.41. The minimum atomic E-state index is -0.239. The summed E-state index contributed by atoms with van der Waals surface area (Å²) in [6.45, 7) is 0.600. The van der Waals surface area contributed by atoms with Gasteiger partial charge in [-0.15, -0.1) is 0 Å². The van der Waals surface area contributed by atoms with Crippen molar-refractivity contribution in [2.75, 3.05) is 13.7 Å². The van der Waals surface area contributed by atoms with Crippen molar-refractivity contribution in [3.8, 4) is 5.75 Å². The molecule has 20 heavy (non-hydrogen) atoms. The van der Waals surface area contributed by atoms with Crippen molar-refractivity contribution < 1.29 is 14.6 Å². The molecule has 0 aliphatic heterocycles. The Hall–Kier alpha value is -1.55. The van der Waals surface area contributed by atoms with E-state index in [2.05, 4.69) is 5.32 Å². The summed E-state index contributed by atoms with van der Waals surface area (Å²) in [6, 6.07) is 7.77. The van der Waals surface area contributed by atoms with Crippen molar-refractivity contribution >= 4 is 5.91 Å². The molecule has 1 aromatic rings. The van der Waals surface area contributed by atoms with Crippen LogP contribution in [0.5, 0.6) is 5.75 Å². The molecule has 0 radical (unpaired) electrons. The molecule has 1 amide bonds. The predicted molar refractivity (Wildman–Crippen MR) is 77.7 cm³/mol. The highest BCUT2D eigenvalue weighted by Crippen LogP contribution is 2.24. The quantitative estimate of drug-likeness (QED) is 0.835. The fourth-order valence-electron chi connectivity index (χ4n) is 2.64. The Labute approximate surface area is 120 Å². The zero-order valence-corrected chi connectivity index (χ0v) is 12.0. The van der Waals surface area contributed by atoms with Crippen LogP contribution in [0.1, 0.15) is 31.2 Å². The summed E-state index contributed by atoms with van der Waals surface area (Å²) in [5.74, 6) is 1.12. The van der Waals surface area contributed by atoms with Crippen molar-refractivity contribution in [1.82, 2.24) is 5.32 Å². The van der Waals surface area contributed by atoms with E-state index in [9.17, 15) is 9.90 Å². The van der Waals surface area contributed by atoms with E-state index in [4.69, 9.17) is 4.74 Å². The largest absolute Gasteiger partial charge is 0.497 e. The van der Waals surface area contributed by atoms with Crippen LogP contribution in [0, 0.1) is 5.92 Å². The maximum absolute atomic E-state index is 11.8. The molecular formula is C16H23NO3. The molecule has 2 rings (SSSR count). The average molecular weight is 277 g/mol. The molecule has 0 heterocycles. The van der Waals surface area contributed by atoms with Gasteiger partial charge in [0.1, 0.15) is 5.75 Å². The number of hydrogen-bond donors (Lipinski definition) is 2. The van der Waals surface area contributed by atoms with Gasteiger partial charge >= 0.3 is 0 Å². The molecule has 1 saturated carbocycles. The Morgan fingerprint density at radius 1 is 1.35 bits per heavy atom. The molecule has 0 aromatic heterocycles. The third-order valence-electron chi connectivity index (χ3n) is 3.98. The van der Waals surface area contributed by atoms with Gasteiger partial charge in [0, 0.05) is 18.9 Å². The van der Waals surface area contributed by atoms with Crippen LogP contribution in [0.25, 0.3) is 0 Å². The molecule has 1 aliphatic carbocycles. The van der Waals surface area contributed by atoms with E-state index in [0.29, 0.717) is 13.0 Å². The first kappa shape index (κ1) is 14.9. The summed E-state index contributed by atoms with van der Waals surface area (Å²) >= 11 is 0. The Bertz CT molecular complexity index is 430. The smallest absolute Gasteiger partial charge is 0.220 e. The van der Waals surface area contributed by atoms with Gasteiger partial charge < -0.3 is 15.2 Å². The summed E-state index contributed by atoms with van der Waals surface area (Å²) in [5.41, 5.74) is 1.13. The summed E-state index contributed by atoms with van der Waals surface area (Å²) in [4.78, 5) is 11.8. The van der Waals surface area contributed by atoms with Crippen LogP contribution in [0.4, 0.5) is 0 Å². The Morgan fingerprint density at radius 2 is 2.10 bits per heavy atom. The lowest BCUT2D eigenvalue weighted by molar-refractivity contribution is -0.121. The van der Waals surface area contributed by atoms with Crippen molar-refractivity contribution in [3.05, 3.63) is 29.8 Å². The first-order chi connectivity index (χ1) is 9.69. The summed E-state index contributed by atoms with van der Waals surface area (Å²) in [6.07, 6.45) is 3.91. The van der Waals surface area contributed by atoms with Gasteiger partial charge in [-0.3, -0.25) is 4.79 Å². The molecule has 110 valence electrons. The first-order valence-electron chi connectivity index (χ1n) is 7.26. The molecule has 2 atom stereocenters. The fourth-order valence-corrected chi connectivity index (χ4v) is 2.64. The number of aryl methyl sites for hydroxylation is 1. The number of carbonyl (C=O) groups excluding carboxylic acids is 1. The predicted octanol–water partition coefficient (Wildman–Crippen LogP) is 1.91. The van der Waals surface area contributed by atoms with Crippen LogP contribution in [0.2, 0.25) is 0 Å². The zero-order valence-electron chi connectivity index (χ0n) is 12.0. The molecular weight excluding hydrogens is 254 g/mol. The fraction of sp³-hybridized carbons (Fsp3) is 0.562. The van der Waals surface area contributed by atoms with Crippen LogP contribution in [-0.4, -0.2) is 30.8 Å². The monoisotopic (exact) mass is 277 g/mol. The maximum Gasteiger partial charge on any atom is 0.220 e. The number of benzene rings is 1. The topological polar surface area (TPSA) is 58.6 Å². The Balaban J connectivity index is 1.69. The van der Waals surface area contributed by atoms with Gasteiger partial charge in [-0.1, -0.05) is 18.6 Å². The Morgan fingerprint density at radius 3 is 2.70 bits per heavy atom. The molecule has 1 aromatic carbocycles. The number of carbonyl (C=O) groups is 1. The van der Waals surface area contributed by atoms with E-state index in [1.54, 1.807) is 7.11 Å². The lowest BCUT2D eigenvalue weighted by atomic mass is 10.1. The summed E-state index contributed by atoms with van der Waals surface area (Å²) in [7, 11) is 1.64. The molecule has 0 spiro atoms. The lowest BCUT2D eigenvalue weighted by Crippen LogP contribution is -2.32. The van der Waals surface area contributed by atoms with Crippen molar-refractivity contribution in [1.29, 1.82) is 0 Å². The zero-order chi connectivity index (χ0) is 14.4. The number of aliphatic hydroxyl groups is 1. The van der Waals surface area contributed by atoms with E-state index >= 15 is 0 Å². The number of ether oxygens (including phenoxy) is 1. The number of aliphatic hydroxyl groups excluding tert-OH is 1. The highest BCUT2D eigenvalue weighted by atomic mass is 16.5. The third-order valence-corrected chi connectivity index (χ3v) is 3.98. The van der Waals surface area contributed by atoms with E-state index in [1.807, 2.05) is 24.3 Å². The molecule has 2 N–H and O–H groups in total. The number of methoxy groups -OCH3 is 1. The summed E-state index contributed by atoms with van der Waals surface area (Å²) in [5, 5.41) is 12.6.